The highest BCUT2D eigenvalue weighted by atomic mass is 79.9. The van der Waals surface area contributed by atoms with Crippen LogP contribution in [0.3, 0.4) is 0 Å². The lowest BCUT2D eigenvalue weighted by Gasteiger charge is -2.24. The number of rotatable bonds is 3. The molecular weight excluding hydrogens is 297 g/mol. The van der Waals surface area contributed by atoms with E-state index in [2.05, 4.69) is 15.9 Å². The van der Waals surface area contributed by atoms with Gasteiger partial charge in [0.15, 0.2) is 5.75 Å². The minimum atomic E-state index is -0.653. The molecule has 0 aromatic heterocycles. The second-order valence-corrected chi connectivity index (χ2v) is 4.53. The van der Waals surface area contributed by atoms with Crippen LogP contribution in [0.15, 0.2) is 16.6 Å². The van der Waals surface area contributed by atoms with Gasteiger partial charge in [0.2, 0.25) is 0 Å². The summed E-state index contributed by atoms with van der Waals surface area (Å²) in [5.41, 5.74) is -0.322. The third kappa shape index (κ3) is 2.44. The van der Waals surface area contributed by atoms with Crippen LogP contribution in [-0.2, 0) is 4.79 Å². The standard InChI is InChI=1S/C10H7BrFNO4/c11-7-3-9(13(15)16)10(4-8(7)12)17-6-1-5(14)2-6/h3-4,6H,1-2H2. The molecule has 2 rings (SSSR count). The molecule has 0 radical (unpaired) electrons. The normalized spacial score (nSPS) is 15.5. The molecule has 0 N–H and O–H groups in total. The Kier molecular flexibility index (Phi) is 3.10. The molecule has 90 valence electrons. The summed E-state index contributed by atoms with van der Waals surface area (Å²) >= 11 is 2.87. The van der Waals surface area contributed by atoms with E-state index in [9.17, 15) is 19.3 Å². The molecule has 1 fully saturated rings. The predicted octanol–water partition coefficient (Wildman–Crippen LogP) is 2.61. The molecule has 1 aliphatic rings. The number of halogens is 2. The smallest absolute Gasteiger partial charge is 0.312 e. The number of hydrogen-bond acceptors (Lipinski definition) is 4. The van der Waals surface area contributed by atoms with Crippen molar-refractivity contribution in [3.05, 3.63) is 32.5 Å². The average molecular weight is 304 g/mol. The van der Waals surface area contributed by atoms with E-state index < -0.39 is 10.7 Å². The quantitative estimate of drug-likeness (QED) is 0.636. The summed E-state index contributed by atoms with van der Waals surface area (Å²) in [7, 11) is 0. The lowest BCUT2D eigenvalue weighted by atomic mass is 9.94. The SMILES string of the molecule is O=C1CC(Oc2cc(F)c(Br)cc2[N+](=O)[O-])C1. The summed E-state index contributed by atoms with van der Waals surface area (Å²) in [6.07, 6.45) is 0.0470. The van der Waals surface area contributed by atoms with Crippen molar-refractivity contribution in [1.29, 1.82) is 0 Å². The van der Waals surface area contributed by atoms with E-state index in [1.54, 1.807) is 0 Å². The van der Waals surface area contributed by atoms with Gasteiger partial charge in [-0.1, -0.05) is 0 Å². The van der Waals surface area contributed by atoms with Gasteiger partial charge in [0, 0.05) is 25.0 Å². The van der Waals surface area contributed by atoms with Crippen LogP contribution < -0.4 is 4.74 Å². The Bertz CT molecular complexity index is 497. The molecule has 0 heterocycles. The number of ketones is 1. The van der Waals surface area contributed by atoms with Gasteiger partial charge in [0.25, 0.3) is 0 Å². The summed E-state index contributed by atoms with van der Waals surface area (Å²) in [5, 5.41) is 10.8. The van der Waals surface area contributed by atoms with Crippen LogP contribution in [0.1, 0.15) is 12.8 Å². The Hall–Kier alpha value is -1.50. The van der Waals surface area contributed by atoms with Gasteiger partial charge in [-0.25, -0.2) is 4.39 Å². The summed E-state index contributed by atoms with van der Waals surface area (Å²) in [6.45, 7) is 0. The fourth-order valence-electron chi connectivity index (χ4n) is 1.47. The number of nitro benzene ring substituents is 1. The predicted molar refractivity (Wildman–Crippen MR) is 59.4 cm³/mol. The van der Waals surface area contributed by atoms with E-state index in [4.69, 9.17) is 4.74 Å². The molecule has 7 heteroatoms. The number of carbonyl (C=O) groups is 1. The van der Waals surface area contributed by atoms with Gasteiger partial charge in [-0.3, -0.25) is 14.9 Å². The molecule has 0 spiro atoms. The van der Waals surface area contributed by atoms with E-state index in [-0.39, 0.29) is 40.6 Å². The maximum atomic E-state index is 13.3. The van der Waals surface area contributed by atoms with Crippen LogP contribution in [0.2, 0.25) is 0 Å². The third-order valence-corrected chi connectivity index (χ3v) is 3.01. The van der Waals surface area contributed by atoms with Crippen molar-refractivity contribution in [2.24, 2.45) is 0 Å². The number of carbonyl (C=O) groups excluding carboxylic acids is 1. The molecular formula is C10H7BrFNO4. The number of benzene rings is 1. The number of nitro groups is 1. The highest BCUT2D eigenvalue weighted by Gasteiger charge is 2.31. The van der Waals surface area contributed by atoms with Crippen LogP contribution >= 0.6 is 15.9 Å². The third-order valence-electron chi connectivity index (χ3n) is 2.40. The Labute approximate surface area is 104 Å². The molecule has 0 saturated heterocycles. The molecule has 0 atom stereocenters. The minimum absolute atomic E-state index is 0.00114. The topological polar surface area (TPSA) is 69.4 Å². The molecule has 0 amide bonds. The number of hydrogen-bond donors (Lipinski definition) is 0. The summed E-state index contributed by atoms with van der Waals surface area (Å²) < 4.78 is 18.5. The largest absolute Gasteiger partial charge is 0.482 e. The first kappa shape index (κ1) is 12.0. The maximum absolute atomic E-state index is 13.3. The van der Waals surface area contributed by atoms with Crippen LogP contribution in [-0.4, -0.2) is 16.8 Å². The number of ether oxygens (including phenoxy) is 1. The minimum Gasteiger partial charge on any atom is -0.482 e. The lowest BCUT2D eigenvalue weighted by Crippen LogP contribution is -2.33. The van der Waals surface area contributed by atoms with E-state index in [0.717, 1.165) is 12.1 Å². The second-order valence-electron chi connectivity index (χ2n) is 3.68. The molecule has 0 bridgehead atoms. The van der Waals surface area contributed by atoms with Gasteiger partial charge < -0.3 is 4.74 Å². The molecule has 0 aliphatic heterocycles. The monoisotopic (exact) mass is 303 g/mol. The fourth-order valence-corrected chi connectivity index (χ4v) is 1.80. The second kappa shape index (κ2) is 4.40. The first-order valence-electron chi connectivity index (χ1n) is 4.79. The Morgan fingerprint density at radius 2 is 2.12 bits per heavy atom. The molecule has 1 aromatic rings. The Morgan fingerprint density at radius 1 is 1.47 bits per heavy atom. The van der Waals surface area contributed by atoms with Crippen molar-refractivity contribution in [2.75, 3.05) is 0 Å². The van der Waals surface area contributed by atoms with E-state index in [0.29, 0.717) is 0 Å². The van der Waals surface area contributed by atoms with Crippen molar-refractivity contribution in [3.63, 3.8) is 0 Å². The maximum Gasteiger partial charge on any atom is 0.312 e. The van der Waals surface area contributed by atoms with Gasteiger partial charge in [-0.2, -0.15) is 0 Å². The van der Waals surface area contributed by atoms with Crippen LogP contribution in [0.5, 0.6) is 5.75 Å². The van der Waals surface area contributed by atoms with Crippen LogP contribution in [0.25, 0.3) is 0 Å². The highest BCUT2D eigenvalue weighted by Crippen LogP contribution is 2.35. The van der Waals surface area contributed by atoms with Crippen molar-refractivity contribution in [3.8, 4) is 5.75 Å². The first-order chi connectivity index (χ1) is 7.97. The zero-order chi connectivity index (χ0) is 12.6. The average Bonchev–Trinajstić information content (AvgIpc) is 2.20. The Morgan fingerprint density at radius 3 is 2.65 bits per heavy atom. The van der Waals surface area contributed by atoms with Gasteiger partial charge in [0.1, 0.15) is 17.7 Å². The fraction of sp³-hybridized carbons (Fsp3) is 0.300. The number of nitrogens with zero attached hydrogens (tertiary/aromatic N) is 1. The lowest BCUT2D eigenvalue weighted by molar-refractivity contribution is -0.386. The Balaban J connectivity index is 2.27. The zero-order valence-corrected chi connectivity index (χ0v) is 10.1. The molecule has 17 heavy (non-hydrogen) atoms. The van der Waals surface area contributed by atoms with Gasteiger partial charge in [-0.15, -0.1) is 0 Å². The molecule has 1 saturated carbocycles. The number of Topliss-reactive ketones (excluding diaryl/α,β-unsaturated/α-hetero) is 1. The molecule has 1 aromatic carbocycles. The first-order valence-corrected chi connectivity index (χ1v) is 5.58. The van der Waals surface area contributed by atoms with Gasteiger partial charge in [-0.05, 0) is 15.9 Å². The molecule has 1 aliphatic carbocycles. The van der Waals surface area contributed by atoms with Crippen molar-refractivity contribution in [2.45, 2.75) is 18.9 Å². The van der Waals surface area contributed by atoms with Crippen molar-refractivity contribution in [1.82, 2.24) is 0 Å². The van der Waals surface area contributed by atoms with E-state index in [1.807, 2.05) is 0 Å². The van der Waals surface area contributed by atoms with Crippen molar-refractivity contribution >= 4 is 27.4 Å². The highest BCUT2D eigenvalue weighted by molar-refractivity contribution is 9.10. The van der Waals surface area contributed by atoms with Gasteiger partial charge >= 0.3 is 5.69 Å². The van der Waals surface area contributed by atoms with Crippen LogP contribution in [0.4, 0.5) is 10.1 Å². The van der Waals surface area contributed by atoms with Crippen molar-refractivity contribution < 1.29 is 18.8 Å². The summed E-state index contributed by atoms with van der Waals surface area (Å²) in [6, 6.07) is 2.00. The van der Waals surface area contributed by atoms with Gasteiger partial charge in [0.05, 0.1) is 9.40 Å². The zero-order valence-electron chi connectivity index (χ0n) is 8.48. The summed E-state index contributed by atoms with van der Waals surface area (Å²) in [4.78, 5) is 20.8. The van der Waals surface area contributed by atoms with E-state index in [1.165, 1.54) is 0 Å². The molecule has 0 unspecified atom stereocenters. The molecule has 5 nitrogen and oxygen atoms in total. The van der Waals surface area contributed by atoms with E-state index >= 15 is 0 Å². The van der Waals surface area contributed by atoms with Crippen LogP contribution in [0, 0.1) is 15.9 Å². The summed E-state index contributed by atoms with van der Waals surface area (Å²) in [5.74, 6) is -0.750.